The number of nitrogens with zero attached hydrogens (tertiary/aromatic N) is 2. The van der Waals surface area contributed by atoms with E-state index in [2.05, 4.69) is 4.90 Å². The summed E-state index contributed by atoms with van der Waals surface area (Å²) in [6.07, 6.45) is 2.22. The normalized spacial score (nSPS) is 23.5. The number of hydrogen-bond donors (Lipinski definition) is 1. The molecule has 6 nitrogen and oxygen atoms in total. The first kappa shape index (κ1) is 16.9. The van der Waals surface area contributed by atoms with Crippen molar-refractivity contribution in [3.8, 4) is 0 Å². The quantitative estimate of drug-likeness (QED) is 0.901. The summed E-state index contributed by atoms with van der Waals surface area (Å²) in [7, 11) is 2.03. The van der Waals surface area contributed by atoms with Gasteiger partial charge in [0, 0.05) is 32.4 Å². The summed E-state index contributed by atoms with van der Waals surface area (Å²) in [5, 5.41) is 9.50. The van der Waals surface area contributed by atoms with Gasteiger partial charge >= 0.3 is 5.97 Å². The molecule has 3 rings (SSSR count). The third kappa shape index (κ3) is 3.30. The summed E-state index contributed by atoms with van der Waals surface area (Å²) >= 11 is 0. The minimum Gasteiger partial charge on any atom is -0.480 e. The van der Waals surface area contributed by atoms with Crippen molar-refractivity contribution < 1.29 is 19.4 Å². The molecular weight excluding hydrogens is 308 g/mol. The fourth-order valence-corrected chi connectivity index (χ4v) is 3.61. The van der Waals surface area contributed by atoms with E-state index in [0.717, 1.165) is 18.7 Å². The molecule has 0 bridgehead atoms. The number of likely N-dealkylation sites (tertiary alicyclic amines) is 1. The predicted molar refractivity (Wildman–Crippen MR) is 88.4 cm³/mol. The Labute approximate surface area is 142 Å². The molecule has 0 unspecified atom stereocenters. The van der Waals surface area contributed by atoms with Crippen molar-refractivity contribution >= 4 is 11.9 Å². The van der Waals surface area contributed by atoms with Gasteiger partial charge in [-0.15, -0.1) is 0 Å². The first-order chi connectivity index (χ1) is 11.5. The summed E-state index contributed by atoms with van der Waals surface area (Å²) in [5.41, 5.74) is 0.332. The lowest BCUT2D eigenvalue weighted by molar-refractivity contribution is -0.165. The fourth-order valence-electron chi connectivity index (χ4n) is 3.61. The van der Waals surface area contributed by atoms with E-state index >= 15 is 0 Å². The van der Waals surface area contributed by atoms with Crippen LogP contribution < -0.4 is 0 Å². The van der Waals surface area contributed by atoms with Gasteiger partial charge in [0.15, 0.2) is 6.04 Å². The van der Waals surface area contributed by atoms with Gasteiger partial charge in [-0.3, -0.25) is 9.69 Å². The highest BCUT2D eigenvalue weighted by Gasteiger charge is 2.53. The van der Waals surface area contributed by atoms with Crippen molar-refractivity contribution in [1.82, 2.24) is 9.80 Å². The van der Waals surface area contributed by atoms with E-state index in [1.54, 1.807) is 0 Å². The van der Waals surface area contributed by atoms with Crippen molar-refractivity contribution in [2.45, 2.75) is 37.5 Å². The third-order valence-electron chi connectivity index (χ3n) is 5.05. The van der Waals surface area contributed by atoms with Crippen molar-refractivity contribution in [2.24, 2.45) is 0 Å². The van der Waals surface area contributed by atoms with Gasteiger partial charge in [0.1, 0.15) is 5.72 Å². The van der Waals surface area contributed by atoms with Crippen molar-refractivity contribution in [1.29, 1.82) is 0 Å². The zero-order valence-corrected chi connectivity index (χ0v) is 14.0. The SMILES string of the molecule is CN1CCC2(CC1)OC[C@@H](C(=O)O)N2C(=O)CCc1ccccc1. The summed E-state index contributed by atoms with van der Waals surface area (Å²) in [6.45, 7) is 1.68. The number of piperidine rings is 1. The van der Waals surface area contributed by atoms with Crippen LogP contribution in [0.15, 0.2) is 30.3 Å². The second kappa shape index (κ2) is 6.91. The van der Waals surface area contributed by atoms with E-state index in [-0.39, 0.29) is 12.5 Å². The Balaban J connectivity index is 1.74. The molecule has 0 aromatic heterocycles. The van der Waals surface area contributed by atoms with Gasteiger partial charge in [-0.25, -0.2) is 4.79 Å². The van der Waals surface area contributed by atoms with Gasteiger partial charge in [0.2, 0.25) is 5.91 Å². The van der Waals surface area contributed by atoms with E-state index in [0.29, 0.717) is 25.7 Å². The van der Waals surface area contributed by atoms with Crippen molar-refractivity contribution in [3.63, 3.8) is 0 Å². The van der Waals surface area contributed by atoms with Gasteiger partial charge in [-0.1, -0.05) is 30.3 Å². The summed E-state index contributed by atoms with van der Waals surface area (Å²) < 4.78 is 5.89. The number of hydrogen-bond acceptors (Lipinski definition) is 4. The maximum absolute atomic E-state index is 12.9. The lowest BCUT2D eigenvalue weighted by atomic mass is 9.97. The Morgan fingerprint density at radius 1 is 1.25 bits per heavy atom. The molecule has 2 aliphatic rings. The lowest BCUT2D eigenvalue weighted by Crippen LogP contribution is -2.57. The number of carbonyl (C=O) groups is 2. The highest BCUT2D eigenvalue weighted by Crippen LogP contribution is 2.37. The third-order valence-corrected chi connectivity index (χ3v) is 5.05. The van der Waals surface area contributed by atoms with E-state index in [1.165, 1.54) is 4.90 Å². The number of benzene rings is 1. The summed E-state index contributed by atoms with van der Waals surface area (Å²) in [6, 6.07) is 8.90. The van der Waals surface area contributed by atoms with Gasteiger partial charge in [0.25, 0.3) is 0 Å². The fraction of sp³-hybridized carbons (Fsp3) is 0.556. The van der Waals surface area contributed by atoms with Crippen LogP contribution in [0.3, 0.4) is 0 Å². The standard InChI is InChI=1S/C18H24N2O4/c1-19-11-9-18(10-12-19)20(15(13-24-18)17(22)23)16(21)8-7-14-5-3-2-4-6-14/h2-6,15H,7-13H2,1H3,(H,22,23)/t15-/m0/s1. The minimum absolute atomic E-state index is 0.0795. The van der Waals surface area contributed by atoms with Crippen molar-refractivity contribution in [2.75, 3.05) is 26.7 Å². The maximum Gasteiger partial charge on any atom is 0.328 e. The van der Waals surface area contributed by atoms with Crippen LogP contribution in [0.2, 0.25) is 0 Å². The Hall–Kier alpha value is -1.92. The number of aliphatic carboxylic acids is 1. The smallest absolute Gasteiger partial charge is 0.328 e. The molecule has 1 atom stereocenters. The molecule has 24 heavy (non-hydrogen) atoms. The number of ether oxygens (including phenoxy) is 1. The molecule has 6 heteroatoms. The number of carbonyl (C=O) groups excluding carboxylic acids is 1. The molecule has 2 aliphatic heterocycles. The Morgan fingerprint density at radius 2 is 1.92 bits per heavy atom. The molecule has 1 spiro atoms. The molecule has 1 amide bonds. The van der Waals surface area contributed by atoms with Crippen molar-refractivity contribution in [3.05, 3.63) is 35.9 Å². The number of carboxylic acids is 1. The van der Waals surface area contributed by atoms with Gasteiger partial charge in [-0.05, 0) is 19.0 Å². The second-order valence-electron chi connectivity index (χ2n) is 6.66. The van der Waals surface area contributed by atoms with Crippen LogP contribution in [0, 0.1) is 0 Å². The Kier molecular flexibility index (Phi) is 4.87. The zero-order chi connectivity index (χ0) is 17.2. The van der Waals surface area contributed by atoms with Gasteiger partial charge < -0.3 is 14.7 Å². The zero-order valence-electron chi connectivity index (χ0n) is 14.0. The average molecular weight is 332 g/mol. The van der Waals surface area contributed by atoms with Crippen LogP contribution >= 0.6 is 0 Å². The molecule has 2 heterocycles. The van der Waals surface area contributed by atoms with E-state index in [4.69, 9.17) is 4.74 Å². The molecule has 1 N–H and O–H groups in total. The highest BCUT2D eigenvalue weighted by molar-refractivity contribution is 5.85. The molecule has 1 aromatic rings. The molecule has 130 valence electrons. The van der Waals surface area contributed by atoms with E-state index in [9.17, 15) is 14.7 Å². The average Bonchev–Trinajstić information content (AvgIpc) is 2.96. The first-order valence-corrected chi connectivity index (χ1v) is 8.43. The number of amides is 1. The molecular formula is C18H24N2O4. The predicted octanol–water partition coefficient (Wildman–Crippen LogP) is 1.35. The molecule has 2 fully saturated rings. The minimum atomic E-state index is -0.987. The van der Waals surface area contributed by atoms with Gasteiger partial charge in [-0.2, -0.15) is 0 Å². The van der Waals surface area contributed by atoms with E-state index < -0.39 is 17.7 Å². The second-order valence-corrected chi connectivity index (χ2v) is 6.66. The topological polar surface area (TPSA) is 70.1 Å². The lowest BCUT2D eigenvalue weighted by Gasteiger charge is -2.43. The number of aryl methyl sites for hydroxylation is 1. The maximum atomic E-state index is 12.9. The van der Waals surface area contributed by atoms with Crippen LogP contribution in [0.5, 0.6) is 0 Å². The summed E-state index contributed by atoms with van der Waals surface area (Å²) in [4.78, 5) is 28.1. The van der Waals surface area contributed by atoms with Crippen LogP contribution in [0.4, 0.5) is 0 Å². The number of carboxylic acid groups (broad SMARTS) is 1. The van der Waals surface area contributed by atoms with Crippen LogP contribution in [-0.2, 0) is 20.7 Å². The van der Waals surface area contributed by atoms with Crippen LogP contribution in [-0.4, -0.2) is 65.3 Å². The Bertz CT molecular complexity index is 596. The molecule has 0 aliphatic carbocycles. The van der Waals surface area contributed by atoms with Crippen LogP contribution in [0.25, 0.3) is 0 Å². The molecule has 0 radical (unpaired) electrons. The number of rotatable bonds is 4. The Morgan fingerprint density at radius 3 is 2.54 bits per heavy atom. The molecule has 0 saturated carbocycles. The van der Waals surface area contributed by atoms with E-state index in [1.807, 2.05) is 37.4 Å². The largest absolute Gasteiger partial charge is 0.480 e. The summed E-state index contributed by atoms with van der Waals surface area (Å²) in [5.74, 6) is -1.12. The monoisotopic (exact) mass is 332 g/mol. The first-order valence-electron chi connectivity index (χ1n) is 8.43. The van der Waals surface area contributed by atoms with Crippen LogP contribution in [0.1, 0.15) is 24.8 Å². The molecule has 1 aromatic carbocycles. The molecule has 2 saturated heterocycles. The highest BCUT2D eigenvalue weighted by atomic mass is 16.5. The van der Waals surface area contributed by atoms with Gasteiger partial charge in [0.05, 0.1) is 6.61 Å².